The lowest BCUT2D eigenvalue weighted by Gasteiger charge is -2.12. The molecule has 21 heavy (non-hydrogen) atoms. The van der Waals surface area contributed by atoms with Gasteiger partial charge in [0.25, 0.3) is 0 Å². The zero-order chi connectivity index (χ0) is 15.2. The number of hydrogen-bond acceptors (Lipinski definition) is 4. The van der Waals surface area contributed by atoms with Gasteiger partial charge in [0, 0.05) is 19.0 Å². The SMILES string of the molecule is CCC(=O)C#CCc1c[nH]c2ncnc(OC(C)CC)c12. The number of ether oxygens (including phenoxy) is 1. The summed E-state index contributed by atoms with van der Waals surface area (Å²) in [6.07, 6.45) is 5.21. The number of nitrogens with zero attached hydrogens (tertiary/aromatic N) is 2. The molecule has 110 valence electrons. The highest BCUT2D eigenvalue weighted by Crippen LogP contribution is 2.26. The van der Waals surface area contributed by atoms with E-state index in [0.29, 0.717) is 18.7 Å². The minimum absolute atomic E-state index is 0.0535. The van der Waals surface area contributed by atoms with E-state index < -0.39 is 0 Å². The number of fused-ring (bicyclic) bond motifs is 1. The summed E-state index contributed by atoms with van der Waals surface area (Å²) in [5, 5.41) is 0.844. The Morgan fingerprint density at radius 2 is 2.24 bits per heavy atom. The van der Waals surface area contributed by atoms with E-state index in [1.165, 1.54) is 6.33 Å². The number of aromatic amines is 1. The second-order valence-corrected chi connectivity index (χ2v) is 4.81. The third kappa shape index (κ3) is 3.60. The minimum atomic E-state index is -0.0535. The van der Waals surface area contributed by atoms with Gasteiger partial charge < -0.3 is 9.72 Å². The van der Waals surface area contributed by atoms with Crippen LogP contribution >= 0.6 is 0 Å². The molecule has 0 radical (unpaired) electrons. The Bertz CT molecular complexity index is 694. The molecule has 2 aromatic rings. The van der Waals surface area contributed by atoms with Crippen LogP contribution in [0.3, 0.4) is 0 Å². The van der Waals surface area contributed by atoms with Crippen LogP contribution < -0.4 is 4.74 Å². The molecule has 0 aliphatic carbocycles. The Morgan fingerprint density at radius 3 is 2.95 bits per heavy atom. The van der Waals surface area contributed by atoms with Crippen molar-refractivity contribution in [3.63, 3.8) is 0 Å². The molecule has 2 aromatic heterocycles. The van der Waals surface area contributed by atoms with Gasteiger partial charge >= 0.3 is 0 Å². The van der Waals surface area contributed by atoms with Gasteiger partial charge in [-0.3, -0.25) is 4.79 Å². The number of hydrogen-bond donors (Lipinski definition) is 1. The highest BCUT2D eigenvalue weighted by molar-refractivity contribution is 5.95. The zero-order valence-corrected chi connectivity index (χ0v) is 12.6. The van der Waals surface area contributed by atoms with Crippen LogP contribution in [0.1, 0.15) is 39.2 Å². The van der Waals surface area contributed by atoms with Gasteiger partial charge in [-0.1, -0.05) is 19.8 Å². The van der Waals surface area contributed by atoms with Crippen LogP contribution in [0, 0.1) is 11.8 Å². The number of aromatic nitrogens is 3. The predicted molar refractivity (Wildman–Crippen MR) is 81.0 cm³/mol. The van der Waals surface area contributed by atoms with Crippen molar-refractivity contribution in [1.29, 1.82) is 0 Å². The van der Waals surface area contributed by atoms with E-state index in [-0.39, 0.29) is 11.9 Å². The van der Waals surface area contributed by atoms with Crippen molar-refractivity contribution >= 4 is 16.8 Å². The molecule has 1 N–H and O–H groups in total. The summed E-state index contributed by atoms with van der Waals surface area (Å²) < 4.78 is 5.84. The Labute approximate surface area is 124 Å². The van der Waals surface area contributed by atoms with E-state index in [9.17, 15) is 4.79 Å². The molecular formula is C16H19N3O2. The molecular weight excluding hydrogens is 266 g/mol. The molecule has 2 rings (SSSR count). The third-order valence-corrected chi connectivity index (χ3v) is 3.23. The lowest BCUT2D eigenvalue weighted by Crippen LogP contribution is -2.11. The third-order valence-electron chi connectivity index (χ3n) is 3.23. The van der Waals surface area contributed by atoms with E-state index in [0.717, 1.165) is 23.0 Å². The number of ketones is 1. The van der Waals surface area contributed by atoms with E-state index in [1.54, 1.807) is 6.92 Å². The van der Waals surface area contributed by atoms with Crippen molar-refractivity contribution in [2.75, 3.05) is 0 Å². The first-order valence-corrected chi connectivity index (χ1v) is 7.15. The van der Waals surface area contributed by atoms with Gasteiger partial charge in [0.05, 0.1) is 11.5 Å². The number of carbonyl (C=O) groups is 1. The Balaban J connectivity index is 2.31. The van der Waals surface area contributed by atoms with Gasteiger partial charge in [-0.05, 0) is 24.8 Å². The number of carbonyl (C=O) groups excluding carboxylic acids is 1. The normalized spacial score (nSPS) is 11.8. The van der Waals surface area contributed by atoms with Crippen LogP contribution in [0.2, 0.25) is 0 Å². The molecule has 5 heteroatoms. The van der Waals surface area contributed by atoms with E-state index in [1.807, 2.05) is 13.1 Å². The maximum Gasteiger partial charge on any atom is 0.226 e. The molecule has 0 saturated heterocycles. The first-order valence-electron chi connectivity index (χ1n) is 7.15. The molecule has 0 fully saturated rings. The maximum absolute atomic E-state index is 11.2. The number of rotatable bonds is 5. The molecule has 0 amide bonds. The molecule has 2 heterocycles. The van der Waals surface area contributed by atoms with Crippen LogP contribution in [0.5, 0.6) is 5.88 Å². The largest absolute Gasteiger partial charge is 0.474 e. The second-order valence-electron chi connectivity index (χ2n) is 4.81. The molecule has 5 nitrogen and oxygen atoms in total. The first kappa shape index (κ1) is 15.0. The molecule has 0 aliphatic heterocycles. The predicted octanol–water partition coefficient (Wildman–Crippen LogP) is 2.66. The van der Waals surface area contributed by atoms with Crippen molar-refractivity contribution in [3.8, 4) is 17.7 Å². The van der Waals surface area contributed by atoms with Gasteiger partial charge in [0.1, 0.15) is 12.0 Å². The Kier molecular flexibility index (Phi) is 4.94. The summed E-state index contributed by atoms with van der Waals surface area (Å²) in [7, 11) is 0. The smallest absolute Gasteiger partial charge is 0.226 e. The summed E-state index contributed by atoms with van der Waals surface area (Å²) in [5.74, 6) is 6.03. The number of H-pyrrole nitrogens is 1. The Hall–Kier alpha value is -2.35. The van der Waals surface area contributed by atoms with Crippen LogP contribution in [0.25, 0.3) is 11.0 Å². The molecule has 0 spiro atoms. The quantitative estimate of drug-likeness (QED) is 0.677. The molecule has 0 saturated carbocycles. The minimum Gasteiger partial charge on any atom is -0.474 e. The highest BCUT2D eigenvalue weighted by atomic mass is 16.5. The fourth-order valence-electron chi connectivity index (χ4n) is 1.83. The topological polar surface area (TPSA) is 67.9 Å². The van der Waals surface area contributed by atoms with Gasteiger partial charge in [-0.25, -0.2) is 9.97 Å². The van der Waals surface area contributed by atoms with Gasteiger partial charge in [0.15, 0.2) is 0 Å². The van der Waals surface area contributed by atoms with Crippen molar-refractivity contribution in [2.45, 2.75) is 46.1 Å². The first-order chi connectivity index (χ1) is 10.2. The molecule has 0 aromatic carbocycles. The highest BCUT2D eigenvalue weighted by Gasteiger charge is 2.13. The summed E-state index contributed by atoms with van der Waals surface area (Å²) in [5.41, 5.74) is 1.67. The van der Waals surface area contributed by atoms with Crippen molar-refractivity contribution in [3.05, 3.63) is 18.1 Å². The molecule has 0 bridgehead atoms. The molecule has 1 unspecified atom stereocenters. The van der Waals surface area contributed by atoms with Gasteiger partial charge in [0.2, 0.25) is 11.7 Å². The molecule has 1 atom stereocenters. The maximum atomic E-state index is 11.2. The van der Waals surface area contributed by atoms with Crippen molar-refractivity contribution in [1.82, 2.24) is 15.0 Å². The van der Waals surface area contributed by atoms with Gasteiger partial charge in [-0.2, -0.15) is 0 Å². The standard InChI is InChI=1S/C16H19N3O2/c1-4-11(3)21-16-14-12(7-6-8-13(20)5-2)9-17-15(14)18-10-19-16/h9-11H,4-5,7H2,1-3H3,(H,17,18,19). The fourth-order valence-corrected chi connectivity index (χ4v) is 1.83. The lowest BCUT2D eigenvalue weighted by atomic mass is 10.1. The second kappa shape index (κ2) is 6.89. The summed E-state index contributed by atoms with van der Waals surface area (Å²) >= 11 is 0. The monoisotopic (exact) mass is 285 g/mol. The number of nitrogens with one attached hydrogen (secondary N) is 1. The summed E-state index contributed by atoms with van der Waals surface area (Å²) in [4.78, 5) is 22.7. The van der Waals surface area contributed by atoms with E-state index in [4.69, 9.17) is 4.74 Å². The Morgan fingerprint density at radius 1 is 1.43 bits per heavy atom. The lowest BCUT2D eigenvalue weighted by molar-refractivity contribution is -0.113. The average Bonchev–Trinajstić information content (AvgIpc) is 2.91. The summed E-state index contributed by atoms with van der Waals surface area (Å²) in [6.45, 7) is 5.86. The van der Waals surface area contributed by atoms with E-state index >= 15 is 0 Å². The number of Topliss-reactive ketones (excluding diaryl/α,β-unsaturated/α-hetero) is 1. The van der Waals surface area contributed by atoms with Crippen LogP contribution in [-0.2, 0) is 11.2 Å². The van der Waals surface area contributed by atoms with Crippen LogP contribution in [-0.4, -0.2) is 26.8 Å². The van der Waals surface area contributed by atoms with Crippen LogP contribution in [0.4, 0.5) is 0 Å². The van der Waals surface area contributed by atoms with Crippen LogP contribution in [0.15, 0.2) is 12.5 Å². The average molecular weight is 285 g/mol. The van der Waals surface area contributed by atoms with Gasteiger partial charge in [-0.15, -0.1) is 0 Å². The molecule has 0 aliphatic rings. The summed E-state index contributed by atoms with van der Waals surface area (Å²) in [6, 6.07) is 0. The fraction of sp³-hybridized carbons (Fsp3) is 0.438. The van der Waals surface area contributed by atoms with Crippen molar-refractivity contribution < 1.29 is 9.53 Å². The zero-order valence-electron chi connectivity index (χ0n) is 12.6. The van der Waals surface area contributed by atoms with Crippen molar-refractivity contribution in [2.24, 2.45) is 0 Å². The van der Waals surface area contributed by atoms with E-state index in [2.05, 4.69) is 33.7 Å².